The van der Waals surface area contributed by atoms with Gasteiger partial charge in [0, 0.05) is 32.1 Å². The molecule has 1 aliphatic heterocycles. The van der Waals surface area contributed by atoms with Gasteiger partial charge in [0.05, 0.1) is 5.56 Å². The highest BCUT2D eigenvalue weighted by atomic mass is 16.4. The molecule has 0 saturated carbocycles. The van der Waals surface area contributed by atoms with E-state index in [0.29, 0.717) is 24.2 Å². The van der Waals surface area contributed by atoms with E-state index in [1.807, 2.05) is 24.3 Å². The summed E-state index contributed by atoms with van der Waals surface area (Å²) in [6, 6.07) is 11.1. The van der Waals surface area contributed by atoms with Crippen LogP contribution in [0.25, 0.3) is 0 Å². The molecule has 4 rings (SSSR count). The number of carboxylic acid groups (broad SMARTS) is 1. The van der Waals surface area contributed by atoms with Gasteiger partial charge in [-0.25, -0.2) is 9.78 Å². The number of benzene rings is 1. The van der Waals surface area contributed by atoms with E-state index in [4.69, 9.17) is 0 Å². The zero-order valence-electron chi connectivity index (χ0n) is 15.1. The minimum Gasteiger partial charge on any atom is -0.479 e. The predicted molar refractivity (Wildman–Crippen MR) is 102 cm³/mol. The molecule has 1 aliphatic carbocycles. The molecule has 0 bridgehead atoms. The first-order chi connectivity index (χ1) is 13.1. The standard InChI is InChI=1S/C21H23N3O3/c25-19(17-9-6-10-22-18(17)24-11-4-1-5-12-24)23-21(20(26)27)13-15-7-2-3-8-16(15)14-21/h2-3,6-10H,1,4-5,11-14H2,(H,23,25)(H,26,27). The van der Waals surface area contributed by atoms with Gasteiger partial charge in [-0.2, -0.15) is 0 Å². The highest BCUT2D eigenvalue weighted by Crippen LogP contribution is 2.31. The second-order valence-electron chi connectivity index (χ2n) is 7.39. The number of pyridine rings is 1. The molecule has 2 N–H and O–H groups in total. The Bertz CT molecular complexity index is 849. The van der Waals surface area contributed by atoms with Crippen LogP contribution in [0.3, 0.4) is 0 Å². The van der Waals surface area contributed by atoms with E-state index in [2.05, 4.69) is 15.2 Å². The van der Waals surface area contributed by atoms with Crippen molar-refractivity contribution in [2.24, 2.45) is 0 Å². The third-order valence-electron chi connectivity index (χ3n) is 5.55. The molecule has 1 aromatic heterocycles. The van der Waals surface area contributed by atoms with E-state index < -0.39 is 11.5 Å². The van der Waals surface area contributed by atoms with Gasteiger partial charge in [0.2, 0.25) is 0 Å². The highest BCUT2D eigenvalue weighted by molar-refractivity contribution is 6.02. The van der Waals surface area contributed by atoms with E-state index in [0.717, 1.165) is 37.1 Å². The topological polar surface area (TPSA) is 82.5 Å². The number of carbonyl (C=O) groups excluding carboxylic acids is 1. The second-order valence-corrected chi connectivity index (χ2v) is 7.39. The van der Waals surface area contributed by atoms with Crippen molar-refractivity contribution in [3.63, 3.8) is 0 Å². The maximum absolute atomic E-state index is 13.1. The van der Waals surface area contributed by atoms with Gasteiger partial charge in [-0.15, -0.1) is 0 Å². The number of carboxylic acids is 1. The smallest absolute Gasteiger partial charge is 0.330 e. The summed E-state index contributed by atoms with van der Waals surface area (Å²) in [6.07, 6.45) is 5.61. The quantitative estimate of drug-likeness (QED) is 0.870. The zero-order chi connectivity index (χ0) is 18.9. The average Bonchev–Trinajstić information content (AvgIpc) is 3.08. The monoisotopic (exact) mass is 365 g/mol. The molecule has 2 aromatic rings. The lowest BCUT2D eigenvalue weighted by atomic mass is 9.95. The minimum absolute atomic E-state index is 0.295. The maximum Gasteiger partial charge on any atom is 0.330 e. The van der Waals surface area contributed by atoms with Crippen LogP contribution in [0.2, 0.25) is 0 Å². The summed E-state index contributed by atoms with van der Waals surface area (Å²) >= 11 is 0. The van der Waals surface area contributed by atoms with Gasteiger partial charge in [-0.3, -0.25) is 4.79 Å². The summed E-state index contributed by atoms with van der Waals surface area (Å²) < 4.78 is 0. The fourth-order valence-electron chi connectivity index (χ4n) is 4.12. The summed E-state index contributed by atoms with van der Waals surface area (Å²) in [4.78, 5) is 31.7. The van der Waals surface area contributed by atoms with Crippen molar-refractivity contribution in [2.75, 3.05) is 18.0 Å². The first-order valence-electron chi connectivity index (χ1n) is 9.42. The van der Waals surface area contributed by atoms with Crippen molar-refractivity contribution in [1.29, 1.82) is 0 Å². The van der Waals surface area contributed by atoms with Gasteiger partial charge in [0.25, 0.3) is 5.91 Å². The number of piperidine rings is 1. The predicted octanol–water partition coefficient (Wildman–Crippen LogP) is 2.42. The molecule has 0 unspecified atom stereocenters. The molecule has 140 valence electrons. The van der Waals surface area contributed by atoms with E-state index in [9.17, 15) is 14.7 Å². The molecular weight excluding hydrogens is 342 g/mol. The molecular formula is C21H23N3O3. The number of nitrogens with zero attached hydrogens (tertiary/aromatic N) is 2. The largest absolute Gasteiger partial charge is 0.479 e. The fraction of sp³-hybridized carbons (Fsp3) is 0.381. The van der Waals surface area contributed by atoms with Crippen LogP contribution in [0.1, 0.15) is 40.7 Å². The Hall–Kier alpha value is -2.89. The van der Waals surface area contributed by atoms with Crippen LogP contribution in [0.15, 0.2) is 42.6 Å². The normalized spacial score (nSPS) is 18.0. The van der Waals surface area contributed by atoms with E-state index in [1.165, 1.54) is 6.42 Å². The summed E-state index contributed by atoms with van der Waals surface area (Å²) in [5.74, 6) is -0.736. The van der Waals surface area contributed by atoms with Crippen LogP contribution in [-0.4, -0.2) is 40.6 Å². The Balaban J connectivity index is 1.61. The van der Waals surface area contributed by atoms with Crippen LogP contribution >= 0.6 is 0 Å². The van der Waals surface area contributed by atoms with Crippen molar-refractivity contribution in [3.8, 4) is 0 Å². The molecule has 2 heterocycles. The lowest BCUT2D eigenvalue weighted by Gasteiger charge is -2.30. The van der Waals surface area contributed by atoms with Crippen molar-refractivity contribution < 1.29 is 14.7 Å². The molecule has 0 spiro atoms. The van der Waals surface area contributed by atoms with Crippen molar-refractivity contribution in [3.05, 3.63) is 59.3 Å². The van der Waals surface area contributed by atoms with Crippen LogP contribution in [-0.2, 0) is 17.6 Å². The Labute approximate surface area is 158 Å². The summed E-state index contributed by atoms with van der Waals surface area (Å²) in [6.45, 7) is 1.74. The van der Waals surface area contributed by atoms with Gasteiger partial charge >= 0.3 is 5.97 Å². The third-order valence-corrected chi connectivity index (χ3v) is 5.55. The van der Waals surface area contributed by atoms with E-state index in [1.54, 1.807) is 18.3 Å². The molecule has 2 aliphatic rings. The first kappa shape index (κ1) is 17.5. The number of hydrogen-bond donors (Lipinski definition) is 2. The molecule has 1 saturated heterocycles. The molecule has 0 radical (unpaired) electrons. The van der Waals surface area contributed by atoms with E-state index >= 15 is 0 Å². The summed E-state index contributed by atoms with van der Waals surface area (Å²) in [5.41, 5.74) is 1.08. The van der Waals surface area contributed by atoms with Crippen LogP contribution < -0.4 is 10.2 Å². The number of hydrogen-bond acceptors (Lipinski definition) is 4. The third kappa shape index (κ3) is 3.27. The molecule has 1 aromatic carbocycles. The number of aromatic nitrogens is 1. The van der Waals surface area contributed by atoms with Crippen molar-refractivity contribution >= 4 is 17.7 Å². The number of fused-ring (bicyclic) bond motifs is 1. The van der Waals surface area contributed by atoms with Crippen LogP contribution in [0, 0.1) is 0 Å². The molecule has 27 heavy (non-hydrogen) atoms. The number of nitrogens with one attached hydrogen (secondary N) is 1. The van der Waals surface area contributed by atoms with Gasteiger partial charge in [-0.05, 0) is 42.5 Å². The highest BCUT2D eigenvalue weighted by Gasteiger charge is 2.45. The Kier molecular flexibility index (Phi) is 4.56. The number of rotatable bonds is 4. The van der Waals surface area contributed by atoms with Gasteiger partial charge in [0.1, 0.15) is 11.4 Å². The van der Waals surface area contributed by atoms with Crippen molar-refractivity contribution in [1.82, 2.24) is 10.3 Å². The first-order valence-corrected chi connectivity index (χ1v) is 9.42. The SMILES string of the molecule is O=C(NC1(C(=O)O)Cc2ccccc2C1)c1cccnc1N1CCCCC1. The molecule has 0 atom stereocenters. The van der Waals surface area contributed by atoms with Crippen molar-refractivity contribution in [2.45, 2.75) is 37.6 Å². The van der Waals surface area contributed by atoms with Crippen LogP contribution in [0.4, 0.5) is 5.82 Å². The molecule has 6 heteroatoms. The molecule has 1 amide bonds. The van der Waals surface area contributed by atoms with Gasteiger partial charge in [0.15, 0.2) is 0 Å². The number of amides is 1. The fourth-order valence-corrected chi connectivity index (χ4v) is 4.12. The summed E-state index contributed by atoms with van der Waals surface area (Å²) in [5, 5.41) is 12.7. The number of anilines is 1. The van der Waals surface area contributed by atoms with E-state index in [-0.39, 0.29) is 5.91 Å². The Morgan fingerprint density at radius 2 is 1.67 bits per heavy atom. The average molecular weight is 365 g/mol. The number of aliphatic carboxylic acids is 1. The van der Waals surface area contributed by atoms with Crippen LogP contribution in [0.5, 0.6) is 0 Å². The minimum atomic E-state index is -1.31. The Morgan fingerprint density at radius 1 is 1.00 bits per heavy atom. The Morgan fingerprint density at radius 3 is 2.30 bits per heavy atom. The summed E-state index contributed by atoms with van der Waals surface area (Å²) in [7, 11) is 0. The second kappa shape index (κ2) is 7.02. The zero-order valence-corrected chi connectivity index (χ0v) is 15.1. The maximum atomic E-state index is 13.1. The lowest BCUT2D eigenvalue weighted by molar-refractivity contribution is -0.144. The lowest BCUT2D eigenvalue weighted by Crippen LogP contribution is -2.55. The van der Waals surface area contributed by atoms with Gasteiger partial charge in [-0.1, -0.05) is 24.3 Å². The number of carbonyl (C=O) groups is 2. The van der Waals surface area contributed by atoms with Gasteiger partial charge < -0.3 is 15.3 Å². The molecule has 6 nitrogen and oxygen atoms in total. The molecule has 1 fully saturated rings.